The molecule has 7 heteroatoms. The van der Waals surface area contributed by atoms with Gasteiger partial charge in [-0.15, -0.1) is 0 Å². The van der Waals surface area contributed by atoms with Gasteiger partial charge in [-0.05, 0) is 12.1 Å². The fourth-order valence-corrected chi connectivity index (χ4v) is 3.41. The van der Waals surface area contributed by atoms with Crippen LogP contribution in [0.1, 0.15) is 0 Å². The van der Waals surface area contributed by atoms with Gasteiger partial charge in [0.25, 0.3) is 0 Å². The Bertz CT molecular complexity index is 751. The van der Waals surface area contributed by atoms with E-state index in [-0.39, 0.29) is 0 Å². The van der Waals surface area contributed by atoms with Crippen molar-refractivity contribution < 1.29 is 0 Å². The molecule has 6 nitrogen and oxygen atoms in total. The van der Waals surface area contributed by atoms with E-state index in [1.54, 1.807) is 17.2 Å². The predicted molar refractivity (Wildman–Crippen MR) is 84.0 cm³/mol. The van der Waals surface area contributed by atoms with E-state index < -0.39 is 0 Å². The second kappa shape index (κ2) is 5.33. The van der Waals surface area contributed by atoms with Crippen LogP contribution in [0.3, 0.4) is 0 Å². The molecule has 0 saturated carbocycles. The van der Waals surface area contributed by atoms with E-state index >= 15 is 0 Å². The Morgan fingerprint density at radius 2 is 1.95 bits per heavy atom. The first-order chi connectivity index (χ1) is 10.4. The van der Waals surface area contributed by atoms with Gasteiger partial charge < -0.3 is 4.90 Å². The Hall–Kier alpha value is -2.15. The molecule has 0 atom stereocenters. The highest BCUT2D eigenvalue weighted by molar-refractivity contribution is 7.99. The number of hydrogen-bond donors (Lipinski definition) is 0. The largest absolute Gasteiger partial charge is 0.354 e. The first-order valence-corrected chi connectivity index (χ1v) is 8.02. The maximum Gasteiger partial charge on any atom is 0.170 e. The van der Waals surface area contributed by atoms with Crippen LogP contribution in [0, 0.1) is 0 Å². The molecule has 1 aliphatic rings. The predicted octanol–water partition coefficient (Wildman–Crippen LogP) is 1.76. The number of rotatable bonds is 2. The number of pyridine rings is 1. The van der Waals surface area contributed by atoms with E-state index in [0.717, 1.165) is 47.3 Å². The Labute approximate surface area is 126 Å². The Balaban J connectivity index is 1.83. The molecule has 0 aromatic carbocycles. The molecule has 106 valence electrons. The van der Waals surface area contributed by atoms with Gasteiger partial charge in [-0.2, -0.15) is 21.5 Å². The number of fused-ring (bicyclic) bond motifs is 1. The summed E-state index contributed by atoms with van der Waals surface area (Å²) >= 11 is 1.98. The van der Waals surface area contributed by atoms with Crippen molar-refractivity contribution in [1.29, 1.82) is 0 Å². The van der Waals surface area contributed by atoms with E-state index in [1.807, 2.05) is 36.2 Å². The zero-order valence-corrected chi connectivity index (χ0v) is 12.2. The smallest absolute Gasteiger partial charge is 0.170 e. The summed E-state index contributed by atoms with van der Waals surface area (Å²) in [4.78, 5) is 15.5. The lowest BCUT2D eigenvalue weighted by molar-refractivity contribution is 0.839. The Morgan fingerprint density at radius 1 is 1.05 bits per heavy atom. The normalized spacial score (nSPS) is 15.5. The summed E-state index contributed by atoms with van der Waals surface area (Å²) in [5.41, 5.74) is 0.803. The van der Waals surface area contributed by atoms with Gasteiger partial charge in [0.05, 0.1) is 11.6 Å². The maximum atomic E-state index is 4.47. The number of nitrogens with zero attached hydrogens (tertiary/aromatic N) is 6. The van der Waals surface area contributed by atoms with E-state index in [4.69, 9.17) is 0 Å². The van der Waals surface area contributed by atoms with Gasteiger partial charge in [-0.3, -0.25) is 0 Å². The van der Waals surface area contributed by atoms with Crippen LogP contribution in [0.5, 0.6) is 0 Å². The Morgan fingerprint density at radius 3 is 2.76 bits per heavy atom. The third-order valence-corrected chi connectivity index (χ3v) is 4.46. The molecule has 3 aromatic heterocycles. The zero-order valence-electron chi connectivity index (χ0n) is 11.4. The monoisotopic (exact) mass is 298 g/mol. The van der Waals surface area contributed by atoms with Gasteiger partial charge in [0.1, 0.15) is 12.1 Å². The van der Waals surface area contributed by atoms with Crippen molar-refractivity contribution in [1.82, 2.24) is 24.7 Å². The summed E-state index contributed by atoms with van der Waals surface area (Å²) < 4.78 is 1.76. The van der Waals surface area contributed by atoms with E-state index in [2.05, 4.69) is 25.0 Å². The average molecular weight is 298 g/mol. The first-order valence-electron chi connectivity index (χ1n) is 6.86. The molecule has 1 aliphatic heterocycles. The number of hydrogen-bond acceptors (Lipinski definition) is 6. The number of aromatic nitrogens is 5. The Kier molecular flexibility index (Phi) is 3.19. The quantitative estimate of drug-likeness (QED) is 0.718. The van der Waals surface area contributed by atoms with Crippen LogP contribution >= 0.6 is 11.8 Å². The molecule has 0 amide bonds. The van der Waals surface area contributed by atoms with Gasteiger partial charge in [0, 0.05) is 30.8 Å². The van der Waals surface area contributed by atoms with E-state index in [1.165, 1.54) is 0 Å². The van der Waals surface area contributed by atoms with Crippen LogP contribution in [-0.2, 0) is 0 Å². The summed E-state index contributed by atoms with van der Waals surface area (Å²) in [6, 6.07) is 5.76. The van der Waals surface area contributed by atoms with E-state index in [0.29, 0.717) is 0 Å². The van der Waals surface area contributed by atoms with Crippen molar-refractivity contribution in [2.24, 2.45) is 0 Å². The van der Waals surface area contributed by atoms with Gasteiger partial charge in [-0.25, -0.2) is 15.0 Å². The lowest BCUT2D eigenvalue weighted by Crippen LogP contribution is -2.33. The second-order valence-electron chi connectivity index (χ2n) is 4.78. The molecule has 0 N–H and O–H groups in total. The minimum atomic E-state index is 0.770. The highest BCUT2D eigenvalue weighted by atomic mass is 32.2. The number of anilines is 1. The standard InChI is InChI=1S/C14H14N6S/c1-2-4-15-12(3-1)20-14-11(9-18-20)13(16-10-17-14)19-5-7-21-8-6-19/h1-4,9-10H,5-8H2. The minimum absolute atomic E-state index is 0.770. The first kappa shape index (κ1) is 12.6. The molecule has 0 radical (unpaired) electrons. The molecular formula is C14H14N6S. The summed E-state index contributed by atoms with van der Waals surface area (Å²) in [5, 5.41) is 5.42. The second-order valence-corrected chi connectivity index (χ2v) is 6.00. The fraction of sp³-hybridized carbons (Fsp3) is 0.286. The van der Waals surface area contributed by atoms with Crippen LogP contribution in [-0.4, -0.2) is 49.3 Å². The summed E-state index contributed by atoms with van der Waals surface area (Å²) in [5.74, 6) is 4.02. The van der Waals surface area contributed by atoms with Crippen LogP contribution < -0.4 is 4.90 Å². The summed E-state index contributed by atoms with van der Waals surface area (Å²) in [6.07, 6.45) is 5.20. The van der Waals surface area contributed by atoms with Crippen molar-refractivity contribution in [2.75, 3.05) is 29.5 Å². The third kappa shape index (κ3) is 2.23. The highest BCUT2D eigenvalue weighted by Gasteiger charge is 2.18. The van der Waals surface area contributed by atoms with Crippen LogP contribution in [0.2, 0.25) is 0 Å². The van der Waals surface area contributed by atoms with Gasteiger partial charge in [0.2, 0.25) is 0 Å². The van der Waals surface area contributed by atoms with Crippen molar-refractivity contribution in [3.8, 4) is 5.82 Å². The topological polar surface area (TPSA) is 59.7 Å². The van der Waals surface area contributed by atoms with Crippen molar-refractivity contribution in [2.45, 2.75) is 0 Å². The van der Waals surface area contributed by atoms with Gasteiger partial charge in [-0.1, -0.05) is 6.07 Å². The molecule has 4 heterocycles. The lowest BCUT2D eigenvalue weighted by Gasteiger charge is -2.27. The zero-order chi connectivity index (χ0) is 14.1. The van der Waals surface area contributed by atoms with E-state index in [9.17, 15) is 0 Å². The molecule has 4 rings (SSSR count). The summed E-state index contributed by atoms with van der Waals surface area (Å²) in [6.45, 7) is 2.04. The molecule has 3 aromatic rings. The number of thioether (sulfide) groups is 1. The van der Waals surface area contributed by atoms with Crippen molar-refractivity contribution in [3.63, 3.8) is 0 Å². The molecule has 21 heavy (non-hydrogen) atoms. The molecule has 0 bridgehead atoms. The fourth-order valence-electron chi connectivity index (χ4n) is 2.51. The molecular weight excluding hydrogens is 284 g/mol. The van der Waals surface area contributed by atoms with Crippen molar-refractivity contribution in [3.05, 3.63) is 36.9 Å². The minimum Gasteiger partial charge on any atom is -0.354 e. The molecule has 0 aliphatic carbocycles. The highest BCUT2D eigenvalue weighted by Crippen LogP contribution is 2.25. The lowest BCUT2D eigenvalue weighted by atomic mass is 10.3. The average Bonchev–Trinajstić information content (AvgIpc) is 3.00. The molecule has 0 spiro atoms. The van der Waals surface area contributed by atoms with Gasteiger partial charge in [0.15, 0.2) is 11.5 Å². The maximum absolute atomic E-state index is 4.47. The van der Waals surface area contributed by atoms with Crippen LogP contribution in [0.4, 0.5) is 5.82 Å². The van der Waals surface area contributed by atoms with Crippen LogP contribution in [0.15, 0.2) is 36.9 Å². The molecule has 0 unspecified atom stereocenters. The van der Waals surface area contributed by atoms with Crippen molar-refractivity contribution >= 4 is 28.6 Å². The van der Waals surface area contributed by atoms with Gasteiger partial charge >= 0.3 is 0 Å². The summed E-state index contributed by atoms with van der Waals surface area (Å²) in [7, 11) is 0. The SMILES string of the molecule is c1ccc(-n2ncc3c(N4CCSCC4)ncnc32)nc1. The van der Waals surface area contributed by atoms with Crippen LogP contribution in [0.25, 0.3) is 16.9 Å². The molecule has 1 fully saturated rings. The molecule has 1 saturated heterocycles. The third-order valence-electron chi connectivity index (χ3n) is 3.52.